The van der Waals surface area contributed by atoms with Crippen LogP contribution in [0.15, 0.2) is 36.5 Å². The van der Waals surface area contributed by atoms with Crippen LogP contribution in [0.5, 0.6) is 0 Å². The maximum atomic E-state index is 13.4. The van der Waals surface area contributed by atoms with E-state index in [9.17, 15) is 22.8 Å². The van der Waals surface area contributed by atoms with Crippen LogP contribution in [0, 0.1) is 0 Å². The van der Waals surface area contributed by atoms with E-state index in [0.29, 0.717) is 36.7 Å². The van der Waals surface area contributed by atoms with Gasteiger partial charge in [-0.15, -0.1) is 0 Å². The Kier molecular flexibility index (Phi) is 7.59. The number of fused-ring (bicyclic) bond motifs is 3. The van der Waals surface area contributed by atoms with E-state index in [1.54, 1.807) is 12.1 Å². The Balaban J connectivity index is 1.42. The molecule has 2 aliphatic rings. The van der Waals surface area contributed by atoms with Gasteiger partial charge in [-0.05, 0) is 24.1 Å². The van der Waals surface area contributed by atoms with Gasteiger partial charge in [-0.1, -0.05) is 44.4 Å². The van der Waals surface area contributed by atoms with Crippen LogP contribution < -0.4 is 15.5 Å². The van der Waals surface area contributed by atoms with Crippen molar-refractivity contribution in [2.75, 3.05) is 36.4 Å². The molecule has 2 aliphatic heterocycles. The van der Waals surface area contributed by atoms with E-state index in [2.05, 4.69) is 22.5 Å². The van der Waals surface area contributed by atoms with Crippen molar-refractivity contribution in [1.29, 1.82) is 0 Å². The summed E-state index contributed by atoms with van der Waals surface area (Å²) >= 11 is 0. The Labute approximate surface area is 202 Å². The van der Waals surface area contributed by atoms with Crippen LogP contribution in [-0.4, -0.2) is 53.9 Å². The number of pyridine rings is 1. The molecule has 1 aromatic heterocycles. The fourth-order valence-corrected chi connectivity index (χ4v) is 4.61. The molecule has 2 N–H and O–H groups in total. The normalized spacial score (nSPS) is 18.0. The molecule has 1 atom stereocenters. The topological polar surface area (TPSA) is 77.6 Å². The fraction of sp³-hybridized carbons (Fsp3) is 0.480. The van der Waals surface area contributed by atoms with E-state index >= 15 is 0 Å². The van der Waals surface area contributed by atoms with Crippen molar-refractivity contribution in [3.8, 4) is 0 Å². The fourth-order valence-electron chi connectivity index (χ4n) is 4.61. The zero-order valence-corrected chi connectivity index (χ0v) is 19.7. The van der Waals surface area contributed by atoms with Gasteiger partial charge in [-0.2, -0.15) is 13.2 Å². The summed E-state index contributed by atoms with van der Waals surface area (Å²) in [4.78, 5) is 33.5. The number of nitrogens with zero attached hydrogens (tertiary/aromatic N) is 3. The number of aromatic nitrogens is 1. The number of nitrogens with one attached hydrogen (secondary N) is 2. The minimum atomic E-state index is -4.43. The molecule has 0 aliphatic carbocycles. The van der Waals surface area contributed by atoms with Gasteiger partial charge in [0.15, 0.2) is 5.82 Å². The molecular weight excluding hydrogens is 459 g/mol. The Morgan fingerprint density at radius 3 is 2.77 bits per heavy atom. The van der Waals surface area contributed by atoms with Gasteiger partial charge in [0.1, 0.15) is 6.04 Å². The number of hydrogen-bond donors (Lipinski definition) is 2. The lowest BCUT2D eigenvalue weighted by atomic mass is 10.0. The van der Waals surface area contributed by atoms with Crippen LogP contribution in [0.3, 0.4) is 0 Å². The number of amides is 2. The number of alkyl halides is 3. The third-order valence-corrected chi connectivity index (χ3v) is 6.46. The lowest BCUT2D eigenvalue weighted by molar-refractivity contribution is -0.138. The molecule has 0 bridgehead atoms. The quantitative estimate of drug-likeness (QED) is 0.547. The van der Waals surface area contributed by atoms with Crippen molar-refractivity contribution in [2.24, 2.45) is 0 Å². The molecule has 10 heteroatoms. The first kappa shape index (κ1) is 25.0. The Morgan fingerprint density at radius 2 is 2.00 bits per heavy atom. The lowest BCUT2D eigenvalue weighted by Gasteiger charge is -2.44. The van der Waals surface area contributed by atoms with E-state index in [-0.39, 0.29) is 30.5 Å². The number of rotatable bonds is 8. The number of carbonyl (C=O) groups is 2. The van der Waals surface area contributed by atoms with Crippen molar-refractivity contribution in [2.45, 2.75) is 51.4 Å². The van der Waals surface area contributed by atoms with Gasteiger partial charge < -0.3 is 15.5 Å². The van der Waals surface area contributed by atoms with E-state index in [1.807, 2.05) is 9.80 Å². The van der Waals surface area contributed by atoms with Crippen molar-refractivity contribution < 1.29 is 22.8 Å². The average molecular weight is 490 g/mol. The van der Waals surface area contributed by atoms with Gasteiger partial charge >= 0.3 is 6.18 Å². The van der Waals surface area contributed by atoms with Gasteiger partial charge in [-0.3, -0.25) is 14.5 Å². The van der Waals surface area contributed by atoms with Crippen molar-refractivity contribution in [1.82, 2.24) is 15.2 Å². The van der Waals surface area contributed by atoms with Crippen LogP contribution in [0.25, 0.3) is 0 Å². The van der Waals surface area contributed by atoms with Gasteiger partial charge in [0.25, 0.3) is 5.91 Å². The van der Waals surface area contributed by atoms with Crippen molar-refractivity contribution >= 4 is 23.3 Å². The molecule has 0 radical (unpaired) electrons. The Hall–Kier alpha value is -3.14. The molecule has 1 saturated heterocycles. The second-order valence-corrected chi connectivity index (χ2v) is 9.00. The van der Waals surface area contributed by atoms with Gasteiger partial charge in [0.2, 0.25) is 5.91 Å². The highest BCUT2D eigenvalue weighted by Gasteiger charge is 2.39. The predicted molar refractivity (Wildman–Crippen MR) is 127 cm³/mol. The number of halogens is 3. The zero-order valence-electron chi connectivity index (χ0n) is 19.7. The second-order valence-electron chi connectivity index (χ2n) is 9.00. The lowest BCUT2D eigenvalue weighted by Crippen LogP contribution is -2.60. The summed E-state index contributed by atoms with van der Waals surface area (Å²) in [5.74, 6) is 0.0796. The molecule has 0 spiro atoms. The van der Waals surface area contributed by atoms with E-state index < -0.39 is 17.8 Å². The average Bonchev–Trinajstić information content (AvgIpc) is 2.83. The molecule has 0 saturated carbocycles. The summed E-state index contributed by atoms with van der Waals surface area (Å²) in [5.41, 5.74) is 0.383. The molecule has 35 heavy (non-hydrogen) atoms. The third-order valence-electron chi connectivity index (χ3n) is 6.46. The van der Waals surface area contributed by atoms with Crippen LogP contribution in [0.1, 0.15) is 54.1 Å². The number of hydrogen-bond acceptors (Lipinski definition) is 5. The molecule has 3 heterocycles. The zero-order chi connectivity index (χ0) is 25.0. The number of piperazine rings is 1. The summed E-state index contributed by atoms with van der Waals surface area (Å²) in [6.45, 7) is 4.02. The monoisotopic (exact) mass is 489 g/mol. The first-order valence-electron chi connectivity index (χ1n) is 12.0. The largest absolute Gasteiger partial charge is 0.416 e. The SMILES string of the molecule is CCCCCCNC(=O)c1cnc2c(c1)NC(=O)C1CN(Cc3ccccc3C(F)(F)F)CCN21. The Morgan fingerprint density at radius 1 is 1.20 bits per heavy atom. The van der Waals surface area contributed by atoms with Gasteiger partial charge in [0.05, 0.1) is 16.8 Å². The van der Waals surface area contributed by atoms with Gasteiger partial charge in [-0.25, -0.2) is 4.98 Å². The maximum Gasteiger partial charge on any atom is 0.416 e. The number of benzene rings is 1. The summed E-state index contributed by atoms with van der Waals surface area (Å²) in [7, 11) is 0. The van der Waals surface area contributed by atoms with E-state index in [4.69, 9.17) is 0 Å². The molecule has 1 aromatic carbocycles. The van der Waals surface area contributed by atoms with E-state index in [1.165, 1.54) is 18.3 Å². The van der Waals surface area contributed by atoms with Crippen LogP contribution >= 0.6 is 0 Å². The molecule has 4 rings (SSSR count). The molecular formula is C25H30F3N5O2. The smallest absolute Gasteiger partial charge is 0.352 e. The first-order valence-corrected chi connectivity index (χ1v) is 12.0. The number of anilines is 2. The first-order chi connectivity index (χ1) is 16.8. The molecule has 1 fully saturated rings. The maximum absolute atomic E-state index is 13.4. The van der Waals surface area contributed by atoms with Crippen LogP contribution in [0.2, 0.25) is 0 Å². The van der Waals surface area contributed by atoms with E-state index in [0.717, 1.165) is 31.7 Å². The Bertz CT molecular complexity index is 1080. The number of unbranched alkanes of at least 4 members (excludes halogenated alkanes) is 3. The minimum Gasteiger partial charge on any atom is -0.352 e. The van der Waals surface area contributed by atoms with Crippen molar-refractivity contribution in [3.05, 3.63) is 53.2 Å². The summed E-state index contributed by atoms with van der Waals surface area (Å²) < 4.78 is 40.1. The molecule has 2 aromatic rings. The second kappa shape index (κ2) is 10.6. The highest BCUT2D eigenvalue weighted by atomic mass is 19.4. The van der Waals surface area contributed by atoms with Crippen molar-refractivity contribution in [3.63, 3.8) is 0 Å². The third kappa shape index (κ3) is 5.75. The molecule has 1 unspecified atom stereocenters. The predicted octanol–water partition coefficient (Wildman–Crippen LogP) is 4.05. The summed E-state index contributed by atoms with van der Waals surface area (Å²) in [5, 5.41) is 5.71. The summed E-state index contributed by atoms with van der Waals surface area (Å²) in [6, 6.07) is 6.58. The molecule has 7 nitrogen and oxygen atoms in total. The number of carbonyl (C=O) groups excluding carboxylic acids is 2. The highest BCUT2D eigenvalue weighted by molar-refractivity contribution is 6.05. The van der Waals surface area contributed by atoms with Crippen LogP contribution in [0.4, 0.5) is 24.7 Å². The minimum absolute atomic E-state index is 0.102. The standard InChI is InChI=1S/C25H30F3N5O2/c1-2-3-4-7-10-29-23(34)18-13-20-22(30-14-18)33-12-11-32(16-21(33)24(35)31-20)15-17-8-5-6-9-19(17)25(26,27)28/h5-6,8-9,13-14,21H,2-4,7,10-12,15-16H2,1H3,(H,29,34)(H,31,35). The van der Waals surface area contributed by atoms with Gasteiger partial charge in [0, 0.05) is 38.9 Å². The summed E-state index contributed by atoms with van der Waals surface area (Å²) in [6.07, 6.45) is 1.30. The van der Waals surface area contributed by atoms with Crippen LogP contribution in [-0.2, 0) is 17.5 Å². The molecule has 2 amide bonds. The molecule has 188 valence electrons. The highest BCUT2D eigenvalue weighted by Crippen LogP contribution is 2.35.